The van der Waals surface area contributed by atoms with Gasteiger partial charge in [-0.25, -0.2) is 4.79 Å². The van der Waals surface area contributed by atoms with Crippen molar-refractivity contribution in [1.29, 1.82) is 0 Å². The average Bonchev–Trinajstić information content (AvgIpc) is 2.42. The molecule has 3 heteroatoms. The number of esters is 1. The van der Waals surface area contributed by atoms with E-state index in [1.165, 1.54) is 6.08 Å². The number of ether oxygens (including phenoxy) is 1. The van der Waals surface area contributed by atoms with E-state index in [4.69, 9.17) is 4.74 Å². The largest absolute Gasteiger partial charge is 0.507 e. The molecule has 0 heterocycles. The molecule has 0 fully saturated rings. The predicted octanol–water partition coefficient (Wildman–Crippen LogP) is 6.67. The van der Waals surface area contributed by atoms with Gasteiger partial charge < -0.3 is 9.84 Å². The van der Waals surface area contributed by atoms with Gasteiger partial charge in [-0.1, -0.05) is 89.7 Å². The first-order chi connectivity index (χ1) is 12.2. The van der Waals surface area contributed by atoms with E-state index in [0.717, 1.165) is 22.3 Å². The van der Waals surface area contributed by atoms with Crippen molar-refractivity contribution in [2.75, 3.05) is 0 Å². The molecule has 0 radical (unpaired) electrons. The molecule has 0 spiro atoms. The topological polar surface area (TPSA) is 46.5 Å². The number of benzene rings is 1. The molecule has 1 rings (SSSR count). The van der Waals surface area contributed by atoms with Crippen LogP contribution in [0.15, 0.2) is 12.7 Å². The third-order valence-electron chi connectivity index (χ3n) is 4.80. The van der Waals surface area contributed by atoms with Crippen LogP contribution in [0.5, 0.6) is 11.5 Å². The van der Waals surface area contributed by atoms with Gasteiger partial charge in [0.1, 0.15) is 11.5 Å². The van der Waals surface area contributed by atoms with Crippen molar-refractivity contribution in [3.63, 3.8) is 0 Å². The van der Waals surface area contributed by atoms with Crippen LogP contribution >= 0.6 is 0 Å². The van der Waals surface area contributed by atoms with Gasteiger partial charge in [-0.05, 0) is 21.7 Å². The zero-order valence-corrected chi connectivity index (χ0v) is 20.0. The molecule has 1 aromatic rings. The maximum absolute atomic E-state index is 12.3. The van der Waals surface area contributed by atoms with Crippen LogP contribution in [0.4, 0.5) is 0 Å². The number of carbonyl (C=O) groups is 1. The lowest BCUT2D eigenvalue weighted by Gasteiger charge is -2.40. The van der Waals surface area contributed by atoms with Crippen molar-refractivity contribution < 1.29 is 14.6 Å². The maximum atomic E-state index is 12.3. The van der Waals surface area contributed by atoms with E-state index < -0.39 is 5.97 Å². The summed E-state index contributed by atoms with van der Waals surface area (Å²) in [4.78, 5) is 12.3. The van der Waals surface area contributed by atoms with E-state index >= 15 is 0 Å². The first-order valence-electron chi connectivity index (χ1n) is 10.0. The third-order valence-corrected chi connectivity index (χ3v) is 4.80. The highest BCUT2D eigenvalue weighted by atomic mass is 16.5. The van der Waals surface area contributed by atoms with E-state index in [9.17, 15) is 9.90 Å². The van der Waals surface area contributed by atoms with E-state index in [2.05, 4.69) is 89.7 Å². The molecule has 3 nitrogen and oxygen atoms in total. The minimum atomic E-state index is -0.485. The molecule has 0 saturated heterocycles. The standard InChI is InChI=1S/C25H40O3/c1-14-15(26)28-21-18(24(8,9)10)16(22(2,3)4)20(27)17(23(5,6)7)19(21)25(11,12)13/h14,27H,1H2,2-13H3. The predicted molar refractivity (Wildman–Crippen MR) is 119 cm³/mol. The van der Waals surface area contributed by atoms with E-state index in [1.807, 2.05) is 0 Å². The molecular formula is C25H40O3. The molecule has 0 aromatic heterocycles. The number of phenolic OH excluding ortho intramolecular Hbond substituents is 1. The second-order valence-electron chi connectivity index (χ2n) is 11.8. The average molecular weight is 389 g/mol. The number of hydrogen-bond donors (Lipinski definition) is 1. The van der Waals surface area contributed by atoms with Crippen LogP contribution in [-0.4, -0.2) is 11.1 Å². The fraction of sp³-hybridized carbons (Fsp3) is 0.640. The van der Waals surface area contributed by atoms with Crippen LogP contribution < -0.4 is 4.74 Å². The summed E-state index contributed by atoms with van der Waals surface area (Å²) in [5.41, 5.74) is 2.09. The van der Waals surface area contributed by atoms with E-state index in [1.54, 1.807) is 0 Å². The van der Waals surface area contributed by atoms with Crippen molar-refractivity contribution >= 4 is 5.97 Å². The Morgan fingerprint density at radius 1 is 0.714 bits per heavy atom. The van der Waals surface area contributed by atoms with Crippen molar-refractivity contribution in [3.8, 4) is 11.5 Å². The molecular weight excluding hydrogens is 348 g/mol. The number of rotatable bonds is 2. The highest BCUT2D eigenvalue weighted by Crippen LogP contribution is 2.54. The number of aromatic hydroxyl groups is 1. The minimum Gasteiger partial charge on any atom is -0.507 e. The molecule has 0 aliphatic rings. The van der Waals surface area contributed by atoms with Crippen LogP contribution in [0, 0.1) is 0 Å². The Morgan fingerprint density at radius 3 is 1.21 bits per heavy atom. The summed E-state index contributed by atoms with van der Waals surface area (Å²) in [6.07, 6.45) is 1.19. The van der Waals surface area contributed by atoms with Gasteiger partial charge in [0.2, 0.25) is 0 Å². The fourth-order valence-corrected chi connectivity index (χ4v) is 3.85. The SMILES string of the molecule is C=CC(=O)Oc1c(C(C)(C)C)c(C(C)(C)C)c(O)c(C(C)(C)C)c1C(C)(C)C. The first kappa shape index (κ1) is 24.3. The quantitative estimate of drug-likeness (QED) is 0.349. The second kappa shape index (κ2) is 7.24. The van der Waals surface area contributed by atoms with Crippen LogP contribution in [0.2, 0.25) is 0 Å². The van der Waals surface area contributed by atoms with Gasteiger partial charge in [0.15, 0.2) is 0 Å². The fourth-order valence-electron chi connectivity index (χ4n) is 3.85. The zero-order valence-electron chi connectivity index (χ0n) is 20.0. The Kier molecular flexibility index (Phi) is 6.28. The van der Waals surface area contributed by atoms with Crippen LogP contribution in [0.3, 0.4) is 0 Å². The van der Waals surface area contributed by atoms with Gasteiger partial charge in [0, 0.05) is 28.3 Å². The van der Waals surface area contributed by atoms with Gasteiger partial charge in [-0.3, -0.25) is 0 Å². The summed E-state index contributed by atoms with van der Waals surface area (Å²) < 4.78 is 5.94. The molecule has 1 N–H and O–H groups in total. The van der Waals surface area contributed by atoms with Crippen LogP contribution in [0.25, 0.3) is 0 Å². The zero-order chi connectivity index (χ0) is 22.5. The van der Waals surface area contributed by atoms with Gasteiger partial charge in [0.05, 0.1) is 0 Å². The third kappa shape index (κ3) is 4.79. The van der Waals surface area contributed by atoms with E-state index in [0.29, 0.717) is 11.5 Å². The molecule has 28 heavy (non-hydrogen) atoms. The summed E-state index contributed by atoms with van der Waals surface area (Å²) in [7, 11) is 0. The lowest BCUT2D eigenvalue weighted by atomic mass is 9.66. The van der Waals surface area contributed by atoms with Gasteiger partial charge in [0.25, 0.3) is 0 Å². The van der Waals surface area contributed by atoms with Crippen molar-refractivity contribution in [2.24, 2.45) is 0 Å². The summed E-state index contributed by atoms with van der Waals surface area (Å²) in [6.45, 7) is 28.6. The smallest absolute Gasteiger partial charge is 0.335 e. The van der Waals surface area contributed by atoms with Crippen LogP contribution in [0.1, 0.15) is 105 Å². The molecule has 0 saturated carbocycles. The highest BCUT2D eigenvalue weighted by Gasteiger charge is 2.41. The van der Waals surface area contributed by atoms with Gasteiger partial charge in [-0.2, -0.15) is 0 Å². The van der Waals surface area contributed by atoms with Crippen molar-refractivity contribution in [1.82, 2.24) is 0 Å². The minimum absolute atomic E-state index is 0.313. The summed E-state index contributed by atoms with van der Waals surface area (Å²) in [5.74, 6) is 0.396. The van der Waals surface area contributed by atoms with E-state index in [-0.39, 0.29) is 21.7 Å². The number of hydrogen-bond acceptors (Lipinski definition) is 3. The molecule has 0 atom stereocenters. The Labute approximate surface area is 172 Å². The van der Waals surface area contributed by atoms with Crippen molar-refractivity contribution in [2.45, 2.75) is 105 Å². The molecule has 158 valence electrons. The van der Waals surface area contributed by atoms with Crippen LogP contribution in [-0.2, 0) is 26.5 Å². The molecule has 0 aliphatic carbocycles. The summed E-state index contributed by atoms with van der Waals surface area (Å²) >= 11 is 0. The summed E-state index contributed by atoms with van der Waals surface area (Å²) in [5, 5.41) is 11.6. The number of carbonyl (C=O) groups excluding carboxylic acids is 1. The second-order valence-corrected chi connectivity index (χ2v) is 11.8. The molecule has 0 bridgehead atoms. The highest BCUT2D eigenvalue weighted by molar-refractivity contribution is 5.85. The normalized spacial score (nSPS) is 13.4. The first-order valence-corrected chi connectivity index (χ1v) is 10.0. The van der Waals surface area contributed by atoms with Crippen molar-refractivity contribution in [3.05, 3.63) is 34.9 Å². The lowest BCUT2D eigenvalue weighted by molar-refractivity contribution is -0.129. The monoisotopic (exact) mass is 388 g/mol. The number of phenols is 1. The summed E-state index contributed by atoms with van der Waals surface area (Å²) in [6, 6.07) is 0. The molecule has 0 amide bonds. The van der Waals surface area contributed by atoms with Gasteiger partial charge in [-0.15, -0.1) is 0 Å². The molecule has 0 unspecified atom stereocenters. The Balaban J connectivity index is 4.46. The Morgan fingerprint density at radius 2 is 1.00 bits per heavy atom. The van der Waals surface area contributed by atoms with Gasteiger partial charge >= 0.3 is 5.97 Å². The maximum Gasteiger partial charge on any atom is 0.335 e. The Hall–Kier alpha value is -1.77. The molecule has 1 aromatic carbocycles. The Bertz CT molecular complexity index is 717. The lowest BCUT2D eigenvalue weighted by Crippen LogP contribution is -2.31. The molecule has 0 aliphatic heterocycles.